The van der Waals surface area contributed by atoms with Crippen molar-refractivity contribution in [3.05, 3.63) is 12.7 Å². The highest BCUT2D eigenvalue weighted by molar-refractivity contribution is 5.87. The van der Waals surface area contributed by atoms with Crippen LogP contribution in [-0.2, 0) is 9.59 Å². The van der Waals surface area contributed by atoms with Gasteiger partial charge < -0.3 is 15.3 Å². The first-order valence-corrected chi connectivity index (χ1v) is 5.53. The Labute approximate surface area is 99.3 Å². The van der Waals surface area contributed by atoms with Crippen molar-refractivity contribution in [2.45, 2.75) is 25.1 Å². The summed E-state index contributed by atoms with van der Waals surface area (Å²) in [6.45, 7) is 3.65. The molecular weight excluding hydrogens is 227 g/mol. The monoisotopic (exact) mass is 244 g/mol. The minimum Gasteiger partial charge on any atom is -0.391 e. The predicted octanol–water partition coefficient (Wildman–Crippen LogP) is -0.390. The van der Waals surface area contributed by atoms with Crippen molar-refractivity contribution in [2.75, 3.05) is 19.6 Å². The largest absolute Gasteiger partial charge is 0.391 e. The number of carbonyl (C=O) groups is 2. The van der Waals surface area contributed by atoms with Crippen molar-refractivity contribution >= 4 is 11.8 Å². The fourth-order valence-electron chi connectivity index (χ4n) is 1.74. The normalized spacial score (nSPS) is 24.2. The molecule has 2 atom stereocenters. The van der Waals surface area contributed by atoms with Crippen LogP contribution >= 0.6 is 0 Å². The van der Waals surface area contributed by atoms with Crippen LogP contribution in [0.5, 0.6) is 0 Å². The highest BCUT2D eigenvalue weighted by atomic mass is 19.1. The lowest BCUT2D eigenvalue weighted by atomic mass is 10.1. The number of amides is 2. The van der Waals surface area contributed by atoms with E-state index in [9.17, 15) is 19.1 Å². The van der Waals surface area contributed by atoms with Gasteiger partial charge >= 0.3 is 0 Å². The molecule has 1 saturated heterocycles. The number of nitrogens with zero attached hydrogens (tertiary/aromatic N) is 1. The lowest BCUT2D eigenvalue weighted by Crippen LogP contribution is -2.47. The molecule has 0 aromatic heterocycles. The molecule has 1 heterocycles. The van der Waals surface area contributed by atoms with E-state index in [2.05, 4.69) is 11.9 Å². The van der Waals surface area contributed by atoms with E-state index in [0.717, 1.165) is 6.08 Å². The number of alkyl halides is 1. The van der Waals surface area contributed by atoms with Gasteiger partial charge in [-0.3, -0.25) is 9.59 Å². The average Bonchev–Trinajstić information content (AvgIpc) is 2.27. The second-order valence-corrected chi connectivity index (χ2v) is 4.03. The maximum atomic E-state index is 13.1. The molecule has 17 heavy (non-hydrogen) atoms. The Morgan fingerprint density at radius 2 is 2.24 bits per heavy atom. The van der Waals surface area contributed by atoms with Crippen LogP contribution in [0.4, 0.5) is 4.39 Å². The molecule has 0 saturated carbocycles. The maximum Gasteiger partial charge on any atom is 0.243 e. The van der Waals surface area contributed by atoms with Gasteiger partial charge in [0.15, 0.2) is 0 Å². The first-order chi connectivity index (χ1) is 8.02. The fourth-order valence-corrected chi connectivity index (χ4v) is 1.74. The fraction of sp³-hybridized carbons (Fsp3) is 0.636. The van der Waals surface area contributed by atoms with Gasteiger partial charge in [-0.2, -0.15) is 0 Å². The number of carbonyl (C=O) groups excluding carboxylic acids is 2. The summed E-state index contributed by atoms with van der Waals surface area (Å²) in [5, 5.41) is 11.8. The number of hydrogen-bond donors (Lipinski definition) is 2. The Kier molecular flexibility index (Phi) is 5.09. The summed E-state index contributed by atoms with van der Waals surface area (Å²) in [5.74, 6) is -0.615. The quantitative estimate of drug-likeness (QED) is 0.662. The van der Waals surface area contributed by atoms with Crippen LogP contribution in [0.2, 0.25) is 0 Å². The molecule has 2 N–H and O–H groups in total. The molecule has 0 bridgehead atoms. The molecule has 0 aliphatic carbocycles. The second-order valence-electron chi connectivity index (χ2n) is 4.03. The van der Waals surface area contributed by atoms with Crippen LogP contribution in [0.25, 0.3) is 0 Å². The summed E-state index contributed by atoms with van der Waals surface area (Å²) >= 11 is 0. The predicted molar refractivity (Wildman–Crippen MR) is 59.9 cm³/mol. The number of aliphatic hydroxyl groups is 1. The van der Waals surface area contributed by atoms with Crippen molar-refractivity contribution in [3.8, 4) is 0 Å². The van der Waals surface area contributed by atoms with Crippen LogP contribution in [0.1, 0.15) is 12.8 Å². The van der Waals surface area contributed by atoms with Crippen molar-refractivity contribution in [1.29, 1.82) is 0 Å². The number of halogens is 1. The Bertz CT molecular complexity index is 299. The van der Waals surface area contributed by atoms with Gasteiger partial charge in [-0.15, -0.1) is 0 Å². The van der Waals surface area contributed by atoms with Crippen LogP contribution in [0.3, 0.4) is 0 Å². The van der Waals surface area contributed by atoms with E-state index in [1.54, 1.807) is 0 Å². The number of nitrogens with one attached hydrogen (secondary N) is 1. The van der Waals surface area contributed by atoms with Crippen molar-refractivity contribution in [3.63, 3.8) is 0 Å². The van der Waals surface area contributed by atoms with Gasteiger partial charge in [0.25, 0.3) is 0 Å². The summed E-state index contributed by atoms with van der Waals surface area (Å²) in [6.07, 6.45) is -0.682. The van der Waals surface area contributed by atoms with E-state index < -0.39 is 12.3 Å². The Morgan fingerprint density at radius 1 is 1.53 bits per heavy atom. The molecule has 0 radical (unpaired) electrons. The third kappa shape index (κ3) is 4.52. The molecule has 1 aliphatic rings. The lowest BCUT2D eigenvalue weighted by molar-refractivity contribution is -0.136. The first-order valence-electron chi connectivity index (χ1n) is 5.53. The Hall–Kier alpha value is -1.43. The SMILES string of the molecule is C=CC(=O)NCCC(=O)N1C[C@H](O)C[C@@H](F)C1. The molecule has 1 rings (SSSR count). The maximum absolute atomic E-state index is 13.1. The average molecular weight is 244 g/mol. The van der Waals surface area contributed by atoms with Gasteiger partial charge in [0.05, 0.1) is 12.6 Å². The van der Waals surface area contributed by atoms with E-state index in [0.29, 0.717) is 0 Å². The standard InChI is InChI=1S/C11H17FN2O3/c1-2-10(16)13-4-3-11(17)14-6-8(12)5-9(15)7-14/h2,8-9,15H,1,3-7H2,(H,13,16)/t8-,9-/m1/s1. The van der Waals surface area contributed by atoms with Crippen LogP contribution in [0.15, 0.2) is 12.7 Å². The molecule has 0 unspecified atom stereocenters. The third-order valence-electron chi connectivity index (χ3n) is 2.55. The zero-order chi connectivity index (χ0) is 12.8. The summed E-state index contributed by atoms with van der Waals surface area (Å²) in [6, 6.07) is 0. The topological polar surface area (TPSA) is 69.6 Å². The number of β-amino-alcohol motifs (C(OH)–C–C–N with tert-alkyl or cyclic N) is 1. The van der Waals surface area contributed by atoms with Crippen molar-refractivity contribution in [1.82, 2.24) is 10.2 Å². The van der Waals surface area contributed by atoms with Gasteiger partial charge in [-0.05, 0) is 6.08 Å². The van der Waals surface area contributed by atoms with Crippen molar-refractivity contribution in [2.24, 2.45) is 0 Å². The van der Waals surface area contributed by atoms with Crippen LogP contribution in [0, 0.1) is 0 Å². The van der Waals surface area contributed by atoms with Gasteiger partial charge in [-0.25, -0.2) is 4.39 Å². The van der Waals surface area contributed by atoms with Gasteiger partial charge in [-0.1, -0.05) is 6.58 Å². The molecule has 96 valence electrons. The zero-order valence-electron chi connectivity index (χ0n) is 9.56. The highest BCUT2D eigenvalue weighted by Crippen LogP contribution is 2.14. The smallest absolute Gasteiger partial charge is 0.243 e. The Morgan fingerprint density at radius 3 is 2.82 bits per heavy atom. The molecule has 6 heteroatoms. The summed E-state index contributed by atoms with van der Waals surface area (Å²) < 4.78 is 13.1. The van der Waals surface area contributed by atoms with Crippen molar-refractivity contribution < 1.29 is 19.1 Å². The molecule has 5 nitrogen and oxygen atoms in total. The molecule has 0 aromatic carbocycles. The van der Waals surface area contributed by atoms with E-state index >= 15 is 0 Å². The minimum absolute atomic E-state index is 0.0191. The molecular formula is C11H17FN2O3. The molecule has 2 amide bonds. The van der Waals surface area contributed by atoms with E-state index in [1.807, 2.05) is 0 Å². The third-order valence-corrected chi connectivity index (χ3v) is 2.55. The lowest BCUT2D eigenvalue weighted by Gasteiger charge is -2.32. The van der Waals surface area contributed by atoms with Crippen LogP contribution < -0.4 is 5.32 Å². The van der Waals surface area contributed by atoms with Gasteiger partial charge in [0, 0.05) is 25.9 Å². The number of aliphatic hydroxyl groups excluding tert-OH is 1. The zero-order valence-corrected chi connectivity index (χ0v) is 9.56. The number of hydrogen-bond acceptors (Lipinski definition) is 3. The molecule has 1 aliphatic heterocycles. The molecule has 0 spiro atoms. The molecule has 1 fully saturated rings. The summed E-state index contributed by atoms with van der Waals surface area (Å²) in [7, 11) is 0. The second kappa shape index (κ2) is 6.34. The van der Waals surface area contributed by atoms with Gasteiger partial charge in [0.1, 0.15) is 6.17 Å². The summed E-state index contributed by atoms with van der Waals surface area (Å²) in [5.41, 5.74) is 0. The first kappa shape index (κ1) is 13.6. The van der Waals surface area contributed by atoms with E-state index in [1.165, 1.54) is 4.90 Å². The van der Waals surface area contributed by atoms with Gasteiger partial charge in [0.2, 0.25) is 11.8 Å². The Balaban J connectivity index is 2.31. The number of piperidine rings is 1. The highest BCUT2D eigenvalue weighted by Gasteiger charge is 2.28. The number of rotatable bonds is 4. The minimum atomic E-state index is -1.18. The van der Waals surface area contributed by atoms with Crippen LogP contribution in [-0.4, -0.2) is 53.7 Å². The number of likely N-dealkylation sites (tertiary alicyclic amines) is 1. The molecule has 0 aromatic rings. The summed E-state index contributed by atoms with van der Waals surface area (Å²) in [4.78, 5) is 23.7. The van der Waals surface area contributed by atoms with E-state index in [-0.39, 0.29) is 44.3 Å². The van der Waals surface area contributed by atoms with E-state index in [4.69, 9.17) is 0 Å².